The van der Waals surface area contributed by atoms with E-state index >= 15 is 0 Å². The zero-order chi connectivity index (χ0) is 22.5. The summed E-state index contributed by atoms with van der Waals surface area (Å²) in [5, 5.41) is 6.93. The second kappa shape index (κ2) is 9.30. The molecule has 0 saturated carbocycles. The zero-order valence-corrected chi connectivity index (χ0v) is 17.7. The molecular formula is C24H22N4O4. The second-order valence-electron chi connectivity index (χ2n) is 7.28. The Hall–Kier alpha value is -4.20. The van der Waals surface area contributed by atoms with Gasteiger partial charge < -0.3 is 9.15 Å². The van der Waals surface area contributed by atoms with Crippen molar-refractivity contribution in [3.05, 3.63) is 95.2 Å². The molecule has 0 bridgehead atoms. The van der Waals surface area contributed by atoms with Gasteiger partial charge in [-0.25, -0.2) is 9.67 Å². The number of aromatic nitrogens is 3. The van der Waals surface area contributed by atoms with Gasteiger partial charge in [-0.1, -0.05) is 24.3 Å². The first kappa shape index (κ1) is 21.0. The Morgan fingerprint density at radius 3 is 2.59 bits per heavy atom. The molecular weight excluding hydrogens is 408 g/mol. The van der Waals surface area contributed by atoms with E-state index in [1.165, 1.54) is 6.92 Å². The van der Waals surface area contributed by atoms with Crippen LogP contribution in [0.15, 0.2) is 71.4 Å². The number of hydrogen-bond donors (Lipinski definition) is 1. The van der Waals surface area contributed by atoms with Crippen molar-refractivity contribution < 1.29 is 18.7 Å². The van der Waals surface area contributed by atoms with E-state index in [9.17, 15) is 9.59 Å². The van der Waals surface area contributed by atoms with Gasteiger partial charge in [0.1, 0.15) is 24.4 Å². The fraction of sp³-hybridized carbons (Fsp3) is 0.167. The molecule has 0 saturated heterocycles. The van der Waals surface area contributed by atoms with Gasteiger partial charge in [-0.3, -0.25) is 14.9 Å². The number of furan rings is 1. The quantitative estimate of drug-likeness (QED) is 0.419. The summed E-state index contributed by atoms with van der Waals surface area (Å²) >= 11 is 0. The number of carbonyl (C=O) groups is 2. The first-order chi connectivity index (χ1) is 15.5. The van der Waals surface area contributed by atoms with Crippen LogP contribution in [0.1, 0.15) is 44.7 Å². The Morgan fingerprint density at radius 2 is 1.84 bits per heavy atom. The molecule has 8 heteroatoms. The molecule has 0 atom stereocenters. The molecule has 4 aromatic rings. The van der Waals surface area contributed by atoms with Crippen molar-refractivity contribution in [3.8, 4) is 5.75 Å². The lowest BCUT2D eigenvalue weighted by Gasteiger charge is -2.05. The zero-order valence-electron chi connectivity index (χ0n) is 17.7. The summed E-state index contributed by atoms with van der Waals surface area (Å²) in [6.45, 7) is 4.25. The van der Waals surface area contributed by atoms with Gasteiger partial charge in [0, 0.05) is 5.56 Å². The Kier molecular flexibility index (Phi) is 6.12. The number of amides is 1. The van der Waals surface area contributed by atoms with E-state index in [1.807, 2.05) is 31.2 Å². The second-order valence-corrected chi connectivity index (χ2v) is 7.28. The van der Waals surface area contributed by atoms with Crippen molar-refractivity contribution in [2.45, 2.75) is 27.0 Å². The fourth-order valence-corrected chi connectivity index (χ4v) is 3.07. The number of ketones is 1. The number of anilines is 1. The fourth-order valence-electron chi connectivity index (χ4n) is 3.07. The summed E-state index contributed by atoms with van der Waals surface area (Å²) in [5.74, 6) is 0.960. The number of carbonyl (C=O) groups excluding carboxylic acids is 2. The number of ether oxygens (including phenoxy) is 1. The van der Waals surface area contributed by atoms with Crippen LogP contribution < -0.4 is 10.1 Å². The lowest BCUT2D eigenvalue weighted by atomic mass is 10.1. The van der Waals surface area contributed by atoms with Crippen LogP contribution in [-0.4, -0.2) is 26.5 Å². The van der Waals surface area contributed by atoms with Crippen LogP contribution >= 0.6 is 0 Å². The van der Waals surface area contributed by atoms with E-state index in [4.69, 9.17) is 9.15 Å². The predicted molar refractivity (Wildman–Crippen MR) is 118 cm³/mol. The standard InChI is InChI=1S/C24H22N4O4/c1-16-5-3-4-6-19(16)13-28-15-25-24(27-28)26-23(30)22-12-11-21(32-22)14-31-20-9-7-18(8-10-20)17(2)29/h3-12,15H,13-14H2,1-2H3,(H,26,27,30). The van der Waals surface area contributed by atoms with Gasteiger partial charge in [0.05, 0.1) is 6.54 Å². The van der Waals surface area contributed by atoms with E-state index in [-0.39, 0.29) is 24.1 Å². The maximum atomic E-state index is 12.5. The number of aryl methyl sites for hydroxylation is 1. The third kappa shape index (κ3) is 5.10. The Bertz CT molecular complexity index is 1240. The van der Waals surface area contributed by atoms with Crippen LogP contribution in [0.4, 0.5) is 5.95 Å². The van der Waals surface area contributed by atoms with Crippen molar-refractivity contribution >= 4 is 17.6 Å². The van der Waals surface area contributed by atoms with Crippen LogP contribution in [0.2, 0.25) is 0 Å². The molecule has 2 heterocycles. The van der Waals surface area contributed by atoms with Crippen molar-refractivity contribution in [3.63, 3.8) is 0 Å². The van der Waals surface area contributed by atoms with Crippen molar-refractivity contribution in [1.82, 2.24) is 14.8 Å². The third-order valence-corrected chi connectivity index (χ3v) is 4.88. The smallest absolute Gasteiger partial charge is 0.293 e. The predicted octanol–water partition coefficient (Wildman–Crippen LogP) is 4.26. The minimum atomic E-state index is -0.448. The van der Waals surface area contributed by atoms with Gasteiger partial charge >= 0.3 is 0 Å². The molecule has 2 aromatic heterocycles. The van der Waals surface area contributed by atoms with Crippen LogP contribution in [0.5, 0.6) is 5.75 Å². The van der Waals surface area contributed by atoms with E-state index in [2.05, 4.69) is 15.4 Å². The Labute approximate surface area is 184 Å². The minimum Gasteiger partial charge on any atom is -0.486 e. The number of hydrogen-bond acceptors (Lipinski definition) is 6. The maximum Gasteiger partial charge on any atom is 0.293 e. The highest BCUT2D eigenvalue weighted by molar-refractivity contribution is 6.01. The minimum absolute atomic E-state index is 0.00672. The van der Waals surface area contributed by atoms with Crippen molar-refractivity contribution in [1.29, 1.82) is 0 Å². The lowest BCUT2D eigenvalue weighted by Crippen LogP contribution is -2.12. The van der Waals surface area contributed by atoms with Crippen molar-refractivity contribution in [2.24, 2.45) is 0 Å². The topological polar surface area (TPSA) is 99.2 Å². The highest BCUT2D eigenvalue weighted by atomic mass is 16.5. The van der Waals surface area contributed by atoms with Gasteiger partial charge in [-0.2, -0.15) is 0 Å². The summed E-state index contributed by atoms with van der Waals surface area (Å²) < 4.78 is 12.9. The number of benzene rings is 2. The van der Waals surface area contributed by atoms with Gasteiger partial charge in [-0.05, 0) is 61.4 Å². The van der Waals surface area contributed by atoms with Gasteiger partial charge in [0.25, 0.3) is 5.91 Å². The molecule has 0 spiro atoms. The van der Waals surface area contributed by atoms with E-state index in [0.29, 0.717) is 23.6 Å². The first-order valence-electron chi connectivity index (χ1n) is 10.1. The number of nitrogens with zero attached hydrogens (tertiary/aromatic N) is 3. The average molecular weight is 430 g/mol. The molecule has 8 nitrogen and oxygen atoms in total. The van der Waals surface area contributed by atoms with E-state index < -0.39 is 5.91 Å². The van der Waals surface area contributed by atoms with Crippen LogP contribution in [0, 0.1) is 6.92 Å². The maximum absolute atomic E-state index is 12.5. The summed E-state index contributed by atoms with van der Waals surface area (Å²) in [6.07, 6.45) is 1.57. The monoisotopic (exact) mass is 430 g/mol. The molecule has 2 aromatic carbocycles. The molecule has 0 aliphatic heterocycles. The molecule has 0 fully saturated rings. The summed E-state index contributed by atoms with van der Waals surface area (Å²) in [4.78, 5) is 27.9. The van der Waals surface area contributed by atoms with Crippen LogP contribution in [0.3, 0.4) is 0 Å². The third-order valence-electron chi connectivity index (χ3n) is 4.88. The molecule has 4 rings (SSSR count). The number of rotatable bonds is 8. The van der Waals surface area contributed by atoms with Gasteiger partial charge in [0.2, 0.25) is 5.95 Å². The van der Waals surface area contributed by atoms with Crippen LogP contribution in [-0.2, 0) is 13.2 Å². The average Bonchev–Trinajstić information content (AvgIpc) is 3.44. The van der Waals surface area contributed by atoms with Crippen molar-refractivity contribution in [2.75, 3.05) is 5.32 Å². The van der Waals surface area contributed by atoms with E-state index in [0.717, 1.165) is 11.1 Å². The molecule has 1 amide bonds. The van der Waals surface area contributed by atoms with Crippen LogP contribution in [0.25, 0.3) is 0 Å². The van der Waals surface area contributed by atoms with Gasteiger partial charge in [0.15, 0.2) is 11.5 Å². The summed E-state index contributed by atoms with van der Waals surface area (Å²) in [7, 11) is 0. The molecule has 1 N–H and O–H groups in total. The van der Waals surface area contributed by atoms with E-state index in [1.54, 1.807) is 47.4 Å². The molecule has 0 aliphatic carbocycles. The largest absolute Gasteiger partial charge is 0.486 e. The molecule has 0 radical (unpaired) electrons. The molecule has 162 valence electrons. The Morgan fingerprint density at radius 1 is 1.06 bits per heavy atom. The molecule has 0 unspecified atom stereocenters. The summed E-state index contributed by atoms with van der Waals surface area (Å²) in [5.41, 5.74) is 2.90. The first-order valence-corrected chi connectivity index (χ1v) is 10.1. The molecule has 32 heavy (non-hydrogen) atoms. The summed E-state index contributed by atoms with van der Waals surface area (Å²) in [6, 6.07) is 18.1. The highest BCUT2D eigenvalue weighted by Gasteiger charge is 2.14. The number of Topliss-reactive ketones (excluding diaryl/α,β-unsaturated/α-hetero) is 1. The molecule has 0 aliphatic rings. The Balaban J connectivity index is 1.32. The lowest BCUT2D eigenvalue weighted by molar-refractivity contribution is 0.0989. The number of nitrogens with one attached hydrogen (secondary N) is 1. The highest BCUT2D eigenvalue weighted by Crippen LogP contribution is 2.17. The van der Waals surface area contributed by atoms with Gasteiger partial charge in [-0.15, -0.1) is 5.10 Å². The SMILES string of the molecule is CC(=O)c1ccc(OCc2ccc(C(=O)Nc3ncn(Cc4ccccc4C)n3)o2)cc1. The normalized spacial score (nSPS) is 10.7.